The average molecular weight is 402 g/mol. The van der Waals surface area contributed by atoms with E-state index in [-0.39, 0.29) is 22.6 Å². The zero-order valence-electron chi connectivity index (χ0n) is 15.3. The van der Waals surface area contributed by atoms with Crippen LogP contribution in [0.4, 0.5) is 0 Å². The van der Waals surface area contributed by atoms with E-state index in [1.807, 2.05) is 0 Å². The first-order valence-electron chi connectivity index (χ1n) is 9.21. The van der Waals surface area contributed by atoms with Crippen LogP contribution in [0.15, 0.2) is 46.9 Å². The van der Waals surface area contributed by atoms with E-state index in [0.29, 0.717) is 17.6 Å². The van der Waals surface area contributed by atoms with Crippen molar-refractivity contribution in [1.29, 1.82) is 0 Å². The van der Waals surface area contributed by atoms with Gasteiger partial charge in [-0.05, 0) is 35.9 Å². The molecule has 0 saturated carbocycles. The Kier molecular flexibility index (Phi) is 5.20. The summed E-state index contributed by atoms with van der Waals surface area (Å²) in [6, 6.07) is 11.5. The van der Waals surface area contributed by atoms with E-state index in [0.717, 1.165) is 5.56 Å². The van der Waals surface area contributed by atoms with Crippen LogP contribution in [0.5, 0.6) is 11.5 Å². The highest BCUT2D eigenvalue weighted by Crippen LogP contribution is 2.41. The van der Waals surface area contributed by atoms with Crippen LogP contribution in [-0.4, -0.2) is 61.7 Å². The summed E-state index contributed by atoms with van der Waals surface area (Å²) in [6.07, 6.45) is -6.46. The number of ether oxygens (including phenoxy) is 1. The topological polar surface area (TPSA) is 144 Å². The predicted molar refractivity (Wildman–Crippen MR) is 102 cm³/mol. The first-order chi connectivity index (χ1) is 13.9. The molecule has 1 fully saturated rings. The van der Waals surface area contributed by atoms with Gasteiger partial charge < -0.3 is 39.8 Å². The molecule has 2 aromatic carbocycles. The zero-order chi connectivity index (χ0) is 20.7. The maximum atomic E-state index is 10.4. The van der Waals surface area contributed by atoms with Crippen LogP contribution in [0, 0.1) is 0 Å². The lowest BCUT2D eigenvalue weighted by molar-refractivity contribution is -0.231. The van der Waals surface area contributed by atoms with E-state index >= 15 is 0 Å². The monoisotopic (exact) mass is 402 g/mol. The fourth-order valence-electron chi connectivity index (χ4n) is 3.68. The summed E-state index contributed by atoms with van der Waals surface area (Å²) < 4.78 is 11.5. The number of rotatable bonds is 4. The number of phenolic OH excluding ortho intramolecular Hbond substituents is 2. The van der Waals surface area contributed by atoms with E-state index in [1.54, 1.807) is 36.4 Å². The van der Waals surface area contributed by atoms with Gasteiger partial charge in [0.25, 0.3) is 0 Å². The summed E-state index contributed by atoms with van der Waals surface area (Å²) in [7, 11) is 0. The third-order valence-corrected chi connectivity index (χ3v) is 5.24. The number of fused-ring (bicyclic) bond motifs is 1. The summed E-state index contributed by atoms with van der Waals surface area (Å²) in [5.74, 6) is 0.544. The van der Waals surface area contributed by atoms with Gasteiger partial charge in [0.1, 0.15) is 53.4 Å². The van der Waals surface area contributed by atoms with E-state index in [1.165, 1.54) is 6.07 Å². The summed E-state index contributed by atoms with van der Waals surface area (Å²) in [4.78, 5) is 0. The molecule has 0 spiro atoms. The lowest BCUT2D eigenvalue weighted by atomic mass is 9.90. The number of aromatic hydroxyl groups is 2. The van der Waals surface area contributed by atoms with Gasteiger partial charge in [-0.15, -0.1) is 0 Å². The molecule has 1 aromatic heterocycles. The molecule has 6 N–H and O–H groups in total. The second-order valence-corrected chi connectivity index (χ2v) is 7.22. The van der Waals surface area contributed by atoms with E-state index in [9.17, 15) is 30.6 Å². The van der Waals surface area contributed by atoms with Crippen molar-refractivity contribution in [3.05, 3.63) is 59.4 Å². The van der Waals surface area contributed by atoms with Gasteiger partial charge in [-0.1, -0.05) is 12.1 Å². The van der Waals surface area contributed by atoms with Crippen molar-refractivity contribution in [2.75, 3.05) is 6.61 Å². The van der Waals surface area contributed by atoms with Crippen molar-refractivity contribution in [3.63, 3.8) is 0 Å². The van der Waals surface area contributed by atoms with Gasteiger partial charge in [0.05, 0.1) is 12.2 Å². The van der Waals surface area contributed by atoms with Crippen molar-refractivity contribution in [2.45, 2.75) is 36.9 Å². The molecule has 0 radical (unpaired) electrons. The molecule has 3 aromatic rings. The van der Waals surface area contributed by atoms with Crippen LogP contribution >= 0.6 is 0 Å². The molecule has 0 aliphatic carbocycles. The molecule has 1 saturated heterocycles. The predicted octanol–water partition coefficient (Wildman–Crippen LogP) is 0.950. The number of aliphatic hydroxyl groups is 4. The Morgan fingerprint density at radius 1 is 0.862 bits per heavy atom. The first kappa shape index (κ1) is 19.7. The van der Waals surface area contributed by atoms with E-state index < -0.39 is 37.1 Å². The molecule has 154 valence electrons. The Hall–Kier alpha value is -2.62. The first-order valence-corrected chi connectivity index (χ1v) is 9.21. The molecular weight excluding hydrogens is 380 g/mol. The average Bonchev–Trinajstić information content (AvgIpc) is 3.11. The van der Waals surface area contributed by atoms with Crippen LogP contribution in [0.3, 0.4) is 0 Å². The molecular formula is C21H22O8. The van der Waals surface area contributed by atoms with Crippen LogP contribution in [0.1, 0.15) is 23.0 Å². The van der Waals surface area contributed by atoms with Gasteiger partial charge in [0, 0.05) is 11.8 Å². The summed E-state index contributed by atoms with van der Waals surface area (Å²) in [5, 5.41) is 60.4. The Bertz CT molecular complexity index is 994. The summed E-state index contributed by atoms with van der Waals surface area (Å²) in [6.45, 7) is -0.567. The van der Waals surface area contributed by atoms with E-state index in [2.05, 4.69) is 0 Å². The van der Waals surface area contributed by atoms with Crippen LogP contribution in [0.25, 0.3) is 11.0 Å². The fourth-order valence-corrected chi connectivity index (χ4v) is 3.68. The number of hydrogen-bond acceptors (Lipinski definition) is 8. The Morgan fingerprint density at radius 2 is 1.59 bits per heavy atom. The zero-order valence-corrected chi connectivity index (χ0v) is 15.3. The minimum atomic E-state index is -1.56. The number of benzene rings is 2. The van der Waals surface area contributed by atoms with Crippen molar-refractivity contribution < 1.29 is 39.8 Å². The van der Waals surface area contributed by atoms with Crippen LogP contribution in [-0.2, 0) is 11.2 Å². The molecule has 1 aliphatic heterocycles. The SMILES string of the molecule is OC[C@H]1OC(c2c(O)ccc3cc(Cc4ccc(O)cc4)oc23)[C@H](O)[C@@H](O)[C@@H]1O. The molecule has 0 amide bonds. The normalized spacial score (nSPS) is 27.4. The van der Waals surface area contributed by atoms with Crippen LogP contribution < -0.4 is 0 Å². The highest BCUT2D eigenvalue weighted by Gasteiger charge is 2.45. The highest BCUT2D eigenvalue weighted by molar-refractivity contribution is 5.84. The van der Waals surface area contributed by atoms with Crippen LogP contribution in [0.2, 0.25) is 0 Å². The number of phenols is 2. The smallest absolute Gasteiger partial charge is 0.143 e. The second-order valence-electron chi connectivity index (χ2n) is 7.22. The van der Waals surface area contributed by atoms with Crippen molar-refractivity contribution in [1.82, 2.24) is 0 Å². The molecule has 29 heavy (non-hydrogen) atoms. The van der Waals surface area contributed by atoms with Gasteiger partial charge in [0.2, 0.25) is 0 Å². The van der Waals surface area contributed by atoms with Gasteiger partial charge in [-0.25, -0.2) is 0 Å². The molecule has 2 heterocycles. The minimum absolute atomic E-state index is 0.136. The van der Waals surface area contributed by atoms with E-state index in [4.69, 9.17) is 9.15 Å². The largest absolute Gasteiger partial charge is 0.508 e. The molecule has 1 aliphatic rings. The van der Waals surface area contributed by atoms with Crippen molar-refractivity contribution in [2.24, 2.45) is 0 Å². The lowest BCUT2D eigenvalue weighted by Gasteiger charge is -2.40. The van der Waals surface area contributed by atoms with Gasteiger partial charge in [-0.3, -0.25) is 0 Å². The van der Waals surface area contributed by atoms with Gasteiger partial charge in [-0.2, -0.15) is 0 Å². The third kappa shape index (κ3) is 3.57. The molecule has 4 rings (SSSR count). The lowest BCUT2D eigenvalue weighted by Crippen LogP contribution is -2.55. The highest BCUT2D eigenvalue weighted by atomic mass is 16.5. The molecule has 8 heteroatoms. The van der Waals surface area contributed by atoms with Crippen molar-refractivity contribution in [3.8, 4) is 11.5 Å². The van der Waals surface area contributed by atoms with Gasteiger partial charge >= 0.3 is 0 Å². The fraction of sp³-hybridized carbons (Fsp3) is 0.333. The standard InChI is InChI=1S/C21H22O8/c22-9-15-17(25)18(26)19(27)21(29-15)16-14(24)6-3-11-8-13(28-20(11)16)7-10-1-4-12(23)5-2-10/h1-6,8,15,17-19,21-27H,7,9H2/t15-,17-,18+,19-,21?/m1/s1. The third-order valence-electron chi connectivity index (χ3n) is 5.24. The maximum Gasteiger partial charge on any atom is 0.143 e. The molecule has 0 bridgehead atoms. The maximum absolute atomic E-state index is 10.4. The minimum Gasteiger partial charge on any atom is -0.508 e. The summed E-state index contributed by atoms with van der Waals surface area (Å²) in [5.41, 5.74) is 1.32. The number of hydrogen-bond donors (Lipinski definition) is 6. The summed E-state index contributed by atoms with van der Waals surface area (Å²) >= 11 is 0. The Balaban J connectivity index is 1.73. The van der Waals surface area contributed by atoms with Crippen molar-refractivity contribution >= 4 is 11.0 Å². The molecule has 8 nitrogen and oxygen atoms in total. The number of aliphatic hydroxyl groups excluding tert-OH is 4. The second kappa shape index (κ2) is 7.66. The Morgan fingerprint density at radius 3 is 2.28 bits per heavy atom. The number of furan rings is 1. The Labute approximate surface area is 165 Å². The molecule has 5 atom stereocenters. The van der Waals surface area contributed by atoms with Gasteiger partial charge in [0.15, 0.2) is 0 Å². The quantitative estimate of drug-likeness (QED) is 0.379. The molecule has 1 unspecified atom stereocenters.